The van der Waals surface area contributed by atoms with Crippen molar-refractivity contribution in [2.75, 3.05) is 18.6 Å². The van der Waals surface area contributed by atoms with Gasteiger partial charge in [0.15, 0.2) is 11.5 Å². The maximum absolute atomic E-state index is 13.2. The molecule has 1 aliphatic heterocycles. The van der Waals surface area contributed by atoms with Crippen molar-refractivity contribution in [1.82, 2.24) is 5.32 Å². The van der Waals surface area contributed by atoms with E-state index in [0.717, 1.165) is 10.5 Å². The predicted molar refractivity (Wildman–Crippen MR) is 146 cm³/mol. The van der Waals surface area contributed by atoms with Gasteiger partial charge >= 0.3 is 12.0 Å². The first-order valence-corrected chi connectivity index (χ1v) is 12.1. The Kier molecular flexibility index (Phi) is 8.43. The Morgan fingerprint density at radius 2 is 1.72 bits per heavy atom. The summed E-state index contributed by atoms with van der Waals surface area (Å²) in [4.78, 5) is 51.5. The lowest BCUT2D eigenvalue weighted by Crippen LogP contribution is -2.54. The molecule has 198 valence electrons. The molecule has 1 N–H and O–H groups in total. The van der Waals surface area contributed by atoms with Gasteiger partial charge in [-0.15, -0.1) is 0 Å². The Balaban J connectivity index is 1.58. The monoisotopic (exact) mass is 546 g/mol. The standard InChI is InChI=1S/C29H23ClN2O7/c1-3-38-25-16-19(9-13-24(25)39-26(33)14-10-18-7-11-20(30)12-8-18)15-23-27(34)31-29(36)32(28(23)35)21-5-4-6-22(17-21)37-2/h4-17H,3H2,1-2H3,(H,31,34,36)/b14-10+,23-15+. The van der Waals surface area contributed by atoms with Gasteiger partial charge in [-0.2, -0.15) is 0 Å². The molecule has 0 unspecified atom stereocenters. The van der Waals surface area contributed by atoms with Gasteiger partial charge in [-0.3, -0.25) is 14.9 Å². The molecular weight excluding hydrogens is 524 g/mol. The van der Waals surface area contributed by atoms with Crippen molar-refractivity contribution in [3.05, 3.63) is 94.5 Å². The van der Waals surface area contributed by atoms with E-state index in [9.17, 15) is 19.2 Å². The van der Waals surface area contributed by atoms with Crippen LogP contribution in [0, 0.1) is 0 Å². The average molecular weight is 547 g/mol. The summed E-state index contributed by atoms with van der Waals surface area (Å²) in [5.74, 6) is -1.47. The average Bonchev–Trinajstić information content (AvgIpc) is 2.92. The number of esters is 1. The normalized spacial score (nSPS) is 14.5. The molecule has 9 nitrogen and oxygen atoms in total. The number of ether oxygens (including phenoxy) is 3. The van der Waals surface area contributed by atoms with Gasteiger partial charge in [0.2, 0.25) is 0 Å². The van der Waals surface area contributed by atoms with Gasteiger partial charge in [-0.25, -0.2) is 14.5 Å². The quantitative estimate of drug-likeness (QED) is 0.182. The van der Waals surface area contributed by atoms with Crippen LogP contribution in [-0.4, -0.2) is 37.5 Å². The molecule has 0 bridgehead atoms. The molecule has 0 aromatic heterocycles. The number of hydrogen-bond acceptors (Lipinski definition) is 7. The van der Waals surface area contributed by atoms with Crippen LogP contribution in [0.2, 0.25) is 5.02 Å². The predicted octanol–water partition coefficient (Wildman–Crippen LogP) is 5.03. The lowest BCUT2D eigenvalue weighted by Gasteiger charge is -2.26. The number of nitrogens with zero attached hydrogens (tertiary/aromatic N) is 1. The SMILES string of the molecule is CCOc1cc(/C=C2\C(=O)NC(=O)N(c3cccc(OC)c3)C2=O)ccc1OC(=O)/C=C/c1ccc(Cl)cc1. The molecule has 4 amide bonds. The van der Waals surface area contributed by atoms with Crippen LogP contribution in [0.15, 0.2) is 78.4 Å². The fraction of sp³-hybridized carbons (Fsp3) is 0.103. The highest BCUT2D eigenvalue weighted by Gasteiger charge is 2.37. The molecular formula is C29H23ClN2O7. The molecule has 1 saturated heterocycles. The Morgan fingerprint density at radius 3 is 2.44 bits per heavy atom. The molecule has 10 heteroatoms. The zero-order chi connectivity index (χ0) is 27.9. The highest BCUT2D eigenvalue weighted by molar-refractivity contribution is 6.39. The second-order valence-electron chi connectivity index (χ2n) is 8.10. The van der Waals surface area contributed by atoms with E-state index in [1.165, 1.54) is 37.5 Å². The number of urea groups is 1. The maximum Gasteiger partial charge on any atom is 0.336 e. The molecule has 0 atom stereocenters. The number of imide groups is 2. The zero-order valence-corrected chi connectivity index (χ0v) is 21.7. The van der Waals surface area contributed by atoms with Crippen molar-refractivity contribution in [3.63, 3.8) is 0 Å². The van der Waals surface area contributed by atoms with Gasteiger partial charge in [-0.1, -0.05) is 35.9 Å². The first kappa shape index (κ1) is 27.2. The molecule has 0 radical (unpaired) electrons. The molecule has 1 aliphatic rings. The van der Waals surface area contributed by atoms with Crippen molar-refractivity contribution in [2.24, 2.45) is 0 Å². The number of hydrogen-bond donors (Lipinski definition) is 1. The van der Waals surface area contributed by atoms with Crippen molar-refractivity contribution in [3.8, 4) is 17.2 Å². The smallest absolute Gasteiger partial charge is 0.336 e. The fourth-order valence-electron chi connectivity index (χ4n) is 3.66. The minimum absolute atomic E-state index is 0.150. The second-order valence-corrected chi connectivity index (χ2v) is 8.54. The third-order valence-corrected chi connectivity index (χ3v) is 5.74. The van der Waals surface area contributed by atoms with Crippen LogP contribution in [0.1, 0.15) is 18.1 Å². The summed E-state index contributed by atoms with van der Waals surface area (Å²) in [6.45, 7) is 2.02. The molecule has 39 heavy (non-hydrogen) atoms. The van der Waals surface area contributed by atoms with Crippen LogP contribution in [0.3, 0.4) is 0 Å². The number of rotatable bonds is 8. The molecule has 0 saturated carbocycles. The first-order chi connectivity index (χ1) is 18.8. The maximum atomic E-state index is 13.2. The second kappa shape index (κ2) is 12.1. The van der Waals surface area contributed by atoms with E-state index in [4.69, 9.17) is 25.8 Å². The minimum atomic E-state index is -0.876. The molecule has 3 aromatic rings. The number of anilines is 1. The van der Waals surface area contributed by atoms with E-state index in [1.54, 1.807) is 61.5 Å². The van der Waals surface area contributed by atoms with Crippen LogP contribution >= 0.6 is 11.6 Å². The number of barbiturate groups is 1. The summed E-state index contributed by atoms with van der Waals surface area (Å²) in [5.41, 5.74) is 1.14. The number of benzene rings is 3. The van der Waals surface area contributed by atoms with E-state index in [-0.39, 0.29) is 29.4 Å². The van der Waals surface area contributed by atoms with Crippen molar-refractivity contribution in [2.45, 2.75) is 6.92 Å². The molecule has 0 spiro atoms. The van der Waals surface area contributed by atoms with Gasteiger partial charge in [0.05, 0.1) is 19.4 Å². The lowest BCUT2D eigenvalue weighted by atomic mass is 10.1. The number of halogens is 1. The number of methoxy groups -OCH3 is 1. The topological polar surface area (TPSA) is 111 Å². The van der Waals surface area contributed by atoms with E-state index in [0.29, 0.717) is 16.3 Å². The number of nitrogens with one attached hydrogen (secondary N) is 1. The Morgan fingerprint density at radius 1 is 0.974 bits per heavy atom. The van der Waals surface area contributed by atoms with Gasteiger partial charge < -0.3 is 14.2 Å². The van der Waals surface area contributed by atoms with Gasteiger partial charge in [-0.05, 0) is 66.6 Å². The van der Waals surface area contributed by atoms with E-state index in [1.807, 2.05) is 0 Å². The summed E-state index contributed by atoms with van der Waals surface area (Å²) in [7, 11) is 1.46. The number of carbonyl (C=O) groups excluding carboxylic acids is 4. The minimum Gasteiger partial charge on any atom is -0.497 e. The molecule has 3 aromatic carbocycles. The van der Waals surface area contributed by atoms with E-state index in [2.05, 4.69) is 5.32 Å². The van der Waals surface area contributed by atoms with Crippen LogP contribution in [0.4, 0.5) is 10.5 Å². The van der Waals surface area contributed by atoms with Crippen molar-refractivity contribution < 1.29 is 33.4 Å². The molecule has 1 fully saturated rings. The summed E-state index contributed by atoms with van der Waals surface area (Å²) >= 11 is 5.88. The third kappa shape index (κ3) is 6.52. The summed E-state index contributed by atoms with van der Waals surface area (Å²) < 4.78 is 16.2. The van der Waals surface area contributed by atoms with Gasteiger partial charge in [0, 0.05) is 17.2 Å². The Hall–Kier alpha value is -4.89. The highest BCUT2D eigenvalue weighted by atomic mass is 35.5. The summed E-state index contributed by atoms with van der Waals surface area (Å²) in [5, 5.41) is 2.76. The number of carbonyl (C=O) groups is 4. The molecule has 4 rings (SSSR count). The third-order valence-electron chi connectivity index (χ3n) is 5.48. The largest absolute Gasteiger partial charge is 0.497 e. The zero-order valence-electron chi connectivity index (χ0n) is 21.0. The summed E-state index contributed by atoms with van der Waals surface area (Å²) in [6.07, 6.45) is 4.18. The van der Waals surface area contributed by atoms with E-state index >= 15 is 0 Å². The molecule has 1 heterocycles. The van der Waals surface area contributed by atoms with Crippen molar-refractivity contribution >= 4 is 53.3 Å². The van der Waals surface area contributed by atoms with Gasteiger partial charge in [0.25, 0.3) is 11.8 Å². The molecule has 0 aliphatic carbocycles. The van der Waals surface area contributed by atoms with Crippen LogP contribution in [0.25, 0.3) is 12.2 Å². The van der Waals surface area contributed by atoms with Gasteiger partial charge in [0.1, 0.15) is 11.3 Å². The lowest BCUT2D eigenvalue weighted by molar-refractivity contribution is -0.129. The highest BCUT2D eigenvalue weighted by Crippen LogP contribution is 2.31. The van der Waals surface area contributed by atoms with Crippen LogP contribution in [0.5, 0.6) is 17.2 Å². The van der Waals surface area contributed by atoms with E-state index < -0.39 is 23.8 Å². The summed E-state index contributed by atoms with van der Waals surface area (Å²) in [6, 6.07) is 16.9. The Labute approximate surface area is 229 Å². The van der Waals surface area contributed by atoms with Crippen LogP contribution < -0.4 is 24.4 Å². The van der Waals surface area contributed by atoms with Crippen molar-refractivity contribution in [1.29, 1.82) is 0 Å². The fourth-order valence-corrected chi connectivity index (χ4v) is 3.78. The number of amides is 4. The Bertz CT molecular complexity index is 1500. The first-order valence-electron chi connectivity index (χ1n) is 11.8. The van der Waals surface area contributed by atoms with Crippen LogP contribution in [-0.2, 0) is 14.4 Å².